The minimum atomic E-state index is -0.465. The molecule has 3 aromatic rings. The summed E-state index contributed by atoms with van der Waals surface area (Å²) in [7, 11) is 1.54. The molecule has 0 aliphatic carbocycles. The van der Waals surface area contributed by atoms with E-state index in [1.807, 2.05) is 0 Å². The standard InChI is InChI=1S/C23H15ClFNO3S/c1-29-18-10-8-17(9-11-18)26-22(27)20(14-2-6-16(25)7-3-14)21(23(26)28)30-19-12-4-15(24)5-13-19/h2-13H,1H3. The van der Waals surface area contributed by atoms with E-state index in [4.69, 9.17) is 16.3 Å². The molecule has 30 heavy (non-hydrogen) atoms. The summed E-state index contributed by atoms with van der Waals surface area (Å²) in [5.74, 6) is -0.715. The maximum Gasteiger partial charge on any atom is 0.272 e. The molecule has 0 atom stereocenters. The number of hydrogen-bond donors (Lipinski definition) is 0. The van der Waals surface area contributed by atoms with Gasteiger partial charge in [0.1, 0.15) is 11.6 Å². The highest BCUT2D eigenvalue weighted by atomic mass is 35.5. The second-order valence-electron chi connectivity index (χ2n) is 6.41. The first kappa shape index (κ1) is 20.2. The molecule has 1 aliphatic heterocycles. The van der Waals surface area contributed by atoms with Gasteiger partial charge in [0.05, 0.1) is 23.3 Å². The van der Waals surface area contributed by atoms with Crippen LogP contribution in [0.25, 0.3) is 5.57 Å². The topological polar surface area (TPSA) is 46.6 Å². The molecule has 4 rings (SSSR count). The highest BCUT2D eigenvalue weighted by Gasteiger charge is 2.40. The molecule has 1 heterocycles. The zero-order chi connectivity index (χ0) is 21.3. The molecule has 0 unspecified atom stereocenters. The SMILES string of the molecule is COc1ccc(N2C(=O)C(Sc3ccc(Cl)cc3)=C(c3ccc(F)cc3)C2=O)cc1. The fourth-order valence-electron chi connectivity index (χ4n) is 3.06. The number of ether oxygens (including phenoxy) is 1. The van der Waals surface area contributed by atoms with Crippen LogP contribution in [0.4, 0.5) is 10.1 Å². The van der Waals surface area contributed by atoms with Crippen LogP contribution in [0.15, 0.2) is 82.6 Å². The van der Waals surface area contributed by atoms with Crippen molar-refractivity contribution in [1.29, 1.82) is 0 Å². The van der Waals surface area contributed by atoms with Crippen molar-refractivity contribution in [3.05, 3.63) is 94.1 Å². The summed E-state index contributed by atoms with van der Waals surface area (Å²) in [6.07, 6.45) is 0. The van der Waals surface area contributed by atoms with Crippen molar-refractivity contribution in [3.63, 3.8) is 0 Å². The molecule has 0 saturated carbocycles. The summed E-state index contributed by atoms with van der Waals surface area (Å²) in [6.45, 7) is 0. The van der Waals surface area contributed by atoms with Gasteiger partial charge >= 0.3 is 0 Å². The monoisotopic (exact) mass is 439 g/mol. The Kier molecular flexibility index (Phi) is 5.61. The lowest BCUT2D eigenvalue weighted by molar-refractivity contribution is -0.119. The number of imide groups is 1. The lowest BCUT2D eigenvalue weighted by Gasteiger charge is -2.15. The molecular weight excluding hydrogens is 425 g/mol. The molecule has 7 heteroatoms. The molecule has 0 aromatic heterocycles. The van der Waals surface area contributed by atoms with E-state index in [0.717, 1.165) is 9.80 Å². The smallest absolute Gasteiger partial charge is 0.272 e. The van der Waals surface area contributed by atoms with Crippen LogP contribution >= 0.6 is 23.4 Å². The Morgan fingerprint density at radius 2 is 1.50 bits per heavy atom. The Morgan fingerprint density at radius 3 is 2.10 bits per heavy atom. The van der Waals surface area contributed by atoms with E-state index in [0.29, 0.717) is 22.0 Å². The van der Waals surface area contributed by atoms with Gasteiger partial charge in [-0.2, -0.15) is 0 Å². The second kappa shape index (κ2) is 8.34. The van der Waals surface area contributed by atoms with Crippen LogP contribution in [-0.2, 0) is 9.59 Å². The number of thioether (sulfide) groups is 1. The summed E-state index contributed by atoms with van der Waals surface area (Å²) in [6, 6.07) is 19.1. The number of methoxy groups -OCH3 is 1. The highest BCUT2D eigenvalue weighted by Crippen LogP contribution is 2.41. The van der Waals surface area contributed by atoms with Crippen molar-refractivity contribution in [1.82, 2.24) is 0 Å². The maximum absolute atomic E-state index is 13.4. The molecule has 2 amide bonds. The predicted molar refractivity (Wildman–Crippen MR) is 116 cm³/mol. The van der Waals surface area contributed by atoms with Gasteiger partial charge in [0.2, 0.25) is 0 Å². The average Bonchev–Trinajstić information content (AvgIpc) is 3.00. The largest absolute Gasteiger partial charge is 0.497 e. The third-order valence-corrected chi connectivity index (χ3v) is 5.88. The third-order valence-electron chi connectivity index (χ3n) is 4.54. The van der Waals surface area contributed by atoms with Gasteiger partial charge in [-0.05, 0) is 66.2 Å². The van der Waals surface area contributed by atoms with Crippen LogP contribution in [0.2, 0.25) is 5.02 Å². The first-order chi connectivity index (χ1) is 14.5. The van der Waals surface area contributed by atoms with Gasteiger partial charge in [0.25, 0.3) is 11.8 Å². The first-order valence-electron chi connectivity index (χ1n) is 8.94. The molecule has 0 bridgehead atoms. The number of carbonyl (C=O) groups is 2. The fourth-order valence-corrected chi connectivity index (χ4v) is 4.18. The van der Waals surface area contributed by atoms with E-state index in [2.05, 4.69) is 0 Å². The van der Waals surface area contributed by atoms with E-state index in [1.165, 1.54) is 43.1 Å². The Bertz CT molecular complexity index is 1140. The molecule has 0 saturated heterocycles. The first-order valence-corrected chi connectivity index (χ1v) is 10.1. The van der Waals surface area contributed by atoms with Gasteiger partial charge in [-0.15, -0.1) is 0 Å². The van der Waals surface area contributed by atoms with Crippen LogP contribution in [0.1, 0.15) is 5.56 Å². The normalized spacial score (nSPS) is 13.9. The summed E-state index contributed by atoms with van der Waals surface area (Å²) >= 11 is 7.13. The average molecular weight is 440 g/mol. The van der Waals surface area contributed by atoms with Gasteiger partial charge < -0.3 is 4.74 Å². The number of nitrogens with zero attached hydrogens (tertiary/aromatic N) is 1. The van der Waals surface area contributed by atoms with Crippen molar-refractivity contribution < 1.29 is 18.7 Å². The summed E-state index contributed by atoms with van der Waals surface area (Å²) in [5, 5.41) is 0.570. The van der Waals surface area contributed by atoms with E-state index < -0.39 is 17.6 Å². The van der Waals surface area contributed by atoms with Crippen LogP contribution in [0.5, 0.6) is 5.75 Å². The van der Waals surface area contributed by atoms with Gasteiger partial charge in [-0.3, -0.25) is 9.59 Å². The highest BCUT2D eigenvalue weighted by molar-refractivity contribution is 8.04. The lowest BCUT2D eigenvalue weighted by Crippen LogP contribution is -2.31. The fraction of sp³-hybridized carbons (Fsp3) is 0.0435. The van der Waals surface area contributed by atoms with E-state index >= 15 is 0 Å². The Balaban J connectivity index is 1.78. The lowest BCUT2D eigenvalue weighted by atomic mass is 10.1. The quantitative estimate of drug-likeness (QED) is 0.488. The molecule has 0 spiro atoms. The van der Waals surface area contributed by atoms with Crippen LogP contribution in [-0.4, -0.2) is 18.9 Å². The molecule has 0 radical (unpaired) electrons. The van der Waals surface area contributed by atoms with E-state index in [1.54, 1.807) is 48.5 Å². The number of rotatable bonds is 5. The molecule has 4 nitrogen and oxygen atoms in total. The molecule has 0 N–H and O–H groups in total. The van der Waals surface area contributed by atoms with Crippen LogP contribution in [0, 0.1) is 5.82 Å². The van der Waals surface area contributed by atoms with Gasteiger partial charge in [0.15, 0.2) is 0 Å². The van der Waals surface area contributed by atoms with Crippen molar-refractivity contribution in [2.45, 2.75) is 4.90 Å². The Hall–Kier alpha value is -3.09. The molecule has 1 aliphatic rings. The van der Waals surface area contributed by atoms with Crippen LogP contribution < -0.4 is 9.64 Å². The summed E-state index contributed by atoms with van der Waals surface area (Å²) in [5.41, 5.74) is 1.13. The van der Waals surface area contributed by atoms with Crippen molar-refractivity contribution in [2.75, 3.05) is 12.0 Å². The number of carbonyl (C=O) groups excluding carboxylic acids is 2. The summed E-state index contributed by atoms with van der Waals surface area (Å²) < 4.78 is 18.6. The zero-order valence-electron chi connectivity index (χ0n) is 15.8. The number of hydrogen-bond acceptors (Lipinski definition) is 4. The van der Waals surface area contributed by atoms with E-state index in [-0.39, 0.29) is 10.5 Å². The number of amides is 2. The molecule has 3 aromatic carbocycles. The maximum atomic E-state index is 13.4. The molecular formula is C23H15ClFNO3S. The number of benzene rings is 3. The third kappa shape index (κ3) is 3.84. The molecule has 0 fully saturated rings. The number of halogens is 2. The minimum Gasteiger partial charge on any atom is -0.497 e. The Morgan fingerprint density at radius 1 is 0.867 bits per heavy atom. The summed E-state index contributed by atoms with van der Waals surface area (Å²) in [4.78, 5) is 28.7. The second-order valence-corrected chi connectivity index (χ2v) is 7.93. The zero-order valence-corrected chi connectivity index (χ0v) is 17.3. The van der Waals surface area contributed by atoms with Crippen LogP contribution in [0.3, 0.4) is 0 Å². The van der Waals surface area contributed by atoms with Crippen molar-refractivity contribution in [3.8, 4) is 5.75 Å². The van der Waals surface area contributed by atoms with Crippen molar-refractivity contribution >= 4 is 46.4 Å². The Labute approximate surface area is 181 Å². The predicted octanol–water partition coefficient (Wildman–Crippen LogP) is 5.56. The number of anilines is 1. The van der Waals surface area contributed by atoms with Crippen molar-refractivity contribution in [2.24, 2.45) is 0 Å². The van der Waals surface area contributed by atoms with Gasteiger partial charge in [-0.1, -0.05) is 35.5 Å². The van der Waals surface area contributed by atoms with Gasteiger partial charge in [0, 0.05) is 9.92 Å². The minimum absolute atomic E-state index is 0.232. The molecule has 150 valence electrons. The van der Waals surface area contributed by atoms with E-state index in [9.17, 15) is 14.0 Å². The van der Waals surface area contributed by atoms with Gasteiger partial charge in [-0.25, -0.2) is 9.29 Å².